The molecule has 0 aliphatic rings. The smallest absolute Gasteiger partial charge is 0.192 e. The zero-order valence-corrected chi connectivity index (χ0v) is 14.2. The SMILES string of the molecule is CC[Si](CC)(CC)OC(C)(C)CCCC(C)C=O. The second-order valence-electron chi connectivity index (χ2n) is 6.11. The fourth-order valence-corrected chi connectivity index (χ4v) is 5.73. The van der Waals surface area contributed by atoms with Crippen molar-refractivity contribution in [2.45, 2.75) is 84.5 Å². The Balaban J connectivity index is 4.31. The van der Waals surface area contributed by atoms with Crippen LogP contribution < -0.4 is 0 Å². The lowest BCUT2D eigenvalue weighted by molar-refractivity contribution is -0.110. The van der Waals surface area contributed by atoms with Crippen LogP contribution in [0.25, 0.3) is 0 Å². The largest absolute Gasteiger partial charge is 0.412 e. The molecule has 0 amide bonds. The van der Waals surface area contributed by atoms with Crippen molar-refractivity contribution in [3.63, 3.8) is 0 Å². The van der Waals surface area contributed by atoms with Crippen molar-refractivity contribution in [3.8, 4) is 0 Å². The Morgan fingerprint density at radius 1 is 1.17 bits per heavy atom. The average molecular weight is 273 g/mol. The molecule has 0 aliphatic carbocycles. The zero-order valence-electron chi connectivity index (χ0n) is 13.2. The molecule has 0 heterocycles. The van der Waals surface area contributed by atoms with Crippen LogP contribution in [0.15, 0.2) is 0 Å². The Morgan fingerprint density at radius 3 is 2.06 bits per heavy atom. The predicted octanol–water partition coefficient (Wildman–Crippen LogP) is 4.79. The highest BCUT2D eigenvalue weighted by atomic mass is 28.4. The lowest BCUT2D eigenvalue weighted by Gasteiger charge is -2.38. The third-order valence-corrected chi connectivity index (χ3v) is 8.95. The van der Waals surface area contributed by atoms with Crippen molar-refractivity contribution < 1.29 is 9.22 Å². The molecule has 2 nitrogen and oxygen atoms in total. The summed E-state index contributed by atoms with van der Waals surface area (Å²) >= 11 is 0. The van der Waals surface area contributed by atoms with E-state index < -0.39 is 8.32 Å². The van der Waals surface area contributed by atoms with Crippen molar-refractivity contribution in [2.75, 3.05) is 0 Å². The van der Waals surface area contributed by atoms with Gasteiger partial charge in [-0.1, -0.05) is 27.7 Å². The van der Waals surface area contributed by atoms with Gasteiger partial charge < -0.3 is 9.22 Å². The highest BCUT2D eigenvalue weighted by Crippen LogP contribution is 2.30. The van der Waals surface area contributed by atoms with Gasteiger partial charge in [0.15, 0.2) is 8.32 Å². The molecule has 1 unspecified atom stereocenters. The first kappa shape index (κ1) is 17.8. The lowest BCUT2D eigenvalue weighted by Crippen LogP contribution is -2.44. The average Bonchev–Trinajstić information content (AvgIpc) is 2.35. The number of hydrogen-bond acceptors (Lipinski definition) is 2. The summed E-state index contributed by atoms with van der Waals surface area (Å²) in [4.78, 5) is 10.6. The van der Waals surface area contributed by atoms with Gasteiger partial charge in [0.2, 0.25) is 0 Å². The Morgan fingerprint density at radius 2 is 1.67 bits per heavy atom. The second kappa shape index (κ2) is 8.11. The van der Waals surface area contributed by atoms with Crippen LogP contribution in [0.5, 0.6) is 0 Å². The molecule has 0 aliphatic heterocycles. The van der Waals surface area contributed by atoms with Crippen LogP contribution >= 0.6 is 0 Å². The van der Waals surface area contributed by atoms with E-state index in [0.29, 0.717) is 0 Å². The van der Waals surface area contributed by atoms with Crippen molar-refractivity contribution in [1.29, 1.82) is 0 Å². The van der Waals surface area contributed by atoms with Gasteiger partial charge >= 0.3 is 0 Å². The summed E-state index contributed by atoms with van der Waals surface area (Å²) < 4.78 is 6.54. The lowest BCUT2D eigenvalue weighted by atomic mass is 9.98. The molecule has 108 valence electrons. The van der Waals surface area contributed by atoms with Crippen molar-refractivity contribution in [2.24, 2.45) is 5.92 Å². The van der Waals surface area contributed by atoms with E-state index in [2.05, 4.69) is 34.6 Å². The Kier molecular flexibility index (Phi) is 8.04. The molecule has 0 saturated heterocycles. The predicted molar refractivity (Wildman–Crippen MR) is 81.4 cm³/mol. The molecule has 0 aromatic rings. The quantitative estimate of drug-likeness (QED) is 0.422. The van der Waals surface area contributed by atoms with Crippen LogP contribution in [0.2, 0.25) is 18.1 Å². The van der Waals surface area contributed by atoms with E-state index in [4.69, 9.17) is 4.43 Å². The van der Waals surface area contributed by atoms with E-state index in [1.807, 2.05) is 6.92 Å². The molecule has 1 atom stereocenters. The minimum atomic E-state index is -1.51. The molecule has 0 aromatic heterocycles. The maximum absolute atomic E-state index is 10.6. The normalized spacial score (nSPS) is 14.6. The third kappa shape index (κ3) is 6.14. The minimum absolute atomic E-state index is 0.0309. The molecule has 18 heavy (non-hydrogen) atoms. The van der Waals surface area contributed by atoms with Crippen molar-refractivity contribution in [3.05, 3.63) is 0 Å². The Hall–Kier alpha value is -0.153. The maximum Gasteiger partial charge on any atom is 0.192 e. The van der Waals surface area contributed by atoms with Gasteiger partial charge in [-0.15, -0.1) is 0 Å². The number of carbonyl (C=O) groups excluding carboxylic acids is 1. The van der Waals surface area contributed by atoms with Gasteiger partial charge in [-0.3, -0.25) is 0 Å². The standard InChI is InChI=1S/C15H32O2Si/c1-7-18(8-2,9-3)17-15(5,6)12-10-11-14(4)13-16/h13-14H,7-12H2,1-6H3. The van der Waals surface area contributed by atoms with Crippen LogP contribution in [0, 0.1) is 5.92 Å². The van der Waals surface area contributed by atoms with Gasteiger partial charge in [-0.05, 0) is 51.2 Å². The highest BCUT2D eigenvalue weighted by molar-refractivity contribution is 6.73. The molecule has 0 saturated carbocycles. The van der Waals surface area contributed by atoms with Gasteiger partial charge in [-0.2, -0.15) is 0 Å². The fraction of sp³-hybridized carbons (Fsp3) is 0.933. The van der Waals surface area contributed by atoms with E-state index in [1.165, 1.54) is 18.1 Å². The summed E-state index contributed by atoms with van der Waals surface area (Å²) in [5.74, 6) is 0.186. The van der Waals surface area contributed by atoms with Crippen LogP contribution in [-0.4, -0.2) is 20.2 Å². The molecule has 0 radical (unpaired) electrons. The summed E-state index contributed by atoms with van der Waals surface area (Å²) in [5.41, 5.74) is -0.0309. The molecule has 0 spiro atoms. The summed E-state index contributed by atoms with van der Waals surface area (Å²) in [6, 6.07) is 3.61. The summed E-state index contributed by atoms with van der Waals surface area (Å²) in [6.45, 7) is 13.2. The second-order valence-corrected chi connectivity index (χ2v) is 10.8. The Labute approximate surface area is 115 Å². The van der Waals surface area contributed by atoms with Crippen LogP contribution in [0.1, 0.15) is 60.8 Å². The van der Waals surface area contributed by atoms with Gasteiger partial charge in [0, 0.05) is 5.92 Å². The minimum Gasteiger partial charge on any atom is -0.412 e. The van der Waals surface area contributed by atoms with Gasteiger partial charge in [0.25, 0.3) is 0 Å². The first-order valence-electron chi connectivity index (χ1n) is 7.50. The van der Waals surface area contributed by atoms with Gasteiger partial charge in [-0.25, -0.2) is 0 Å². The van der Waals surface area contributed by atoms with Gasteiger partial charge in [0.1, 0.15) is 6.29 Å². The molecule has 0 aromatic carbocycles. The van der Waals surface area contributed by atoms with Crippen LogP contribution in [0.3, 0.4) is 0 Å². The fourth-order valence-electron chi connectivity index (χ4n) is 2.52. The summed E-state index contributed by atoms with van der Waals surface area (Å²) in [7, 11) is -1.51. The van der Waals surface area contributed by atoms with E-state index in [0.717, 1.165) is 25.5 Å². The number of carbonyl (C=O) groups is 1. The van der Waals surface area contributed by atoms with E-state index >= 15 is 0 Å². The molecule has 0 rings (SSSR count). The van der Waals surface area contributed by atoms with E-state index in [1.54, 1.807) is 0 Å². The molecular weight excluding hydrogens is 240 g/mol. The molecule has 0 N–H and O–H groups in total. The summed E-state index contributed by atoms with van der Waals surface area (Å²) in [6.07, 6.45) is 4.17. The number of rotatable bonds is 10. The summed E-state index contributed by atoms with van der Waals surface area (Å²) in [5, 5.41) is 0. The highest BCUT2D eigenvalue weighted by Gasteiger charge is 2.35. The van der Waals surface area contributed by atoms with E-state index in [9.17, 15) is 4.79 Å². The molecule has 0 bridgehead atoms. The monoisotopic (exact) mass is 272 g/mol. The van der Waals surface area contributed by atoms with Crippen LogP contribution in [0.4, 0.5) is 0 Å². The van der Waals surface area contributed by atoms with Gasteiger partial charge in [0.05, 0.1) is 5.60 Å². The maximum atomic E-state index is 10.6. The van der Waals surface area contributed by atoms with Crippen molar-refractivity contribution in [1.82, 2.24) is 0 Å². The molecule has 0 fully saturated rings. The zero-order chi connectivity index (χ0) is 14.2. The first-order valence-corrected chi connectivity index (χ1v) is 10.0. The molecular formula is C15H32O2Si. The first-order chi connectivity index (χ1) is 8.34. The number of aldehydes is 1. The van der Waals surface area contributed by atoms with Crippen LogP contribution in [-0.2, 0) is 9.22 Å². The topological polar surface area (TPSA) is 26.3 Å². The Bertz CT molecular complexity index is 226. The molecule has 3 heteroatoms. The van der Waals surface area contributed by atoms with Crippen molar-refractivity contribution >= 4 is 14.6 Å². The van der Waals surface area contributed by atoms with E-state index in [-0.39, 0.29) is 11.5 Å². The third-order valence-electron chi connectivity index (χ3n) is 4.10. The number of hydrogen-bond donors (Lipinski definition) is 0.